The third kappa shape index (κ3) is 5.23. The fourth-order valence-electron chi connectivity index (χ4n) is 4.46. The summed E-state index contributed by atoms with van der Waals surface area (Å²) in [4.78, 5) is 41.0. The number of carbonyl (C=O) groups excluding carboxylic acids is 2. The van der Waals surface area contributed by atoms with Gasteiger partial charge < -0.3 is 29.0 Å². The number of carbonyl (C=O) groups is 2. The Bertz CT molecular complexity index is 1370. The van der Waals surface area contributed by atoms with E-state index in [1.165, 1.54) is 44.1 Å². The number of rotatable bonds is 9. The van der Waals surface area contributed by atoms with E-state index in [9.17, 15) is 14.4 Å². The summed E-state index contributed by atoms with van der Waals surface area (Å²) in [5.41, 5.74) is -0.631. The maximum atomic E-state index is 15.2. The molecule has 1 N–H and O–H groups in total. The highest BCUT2D eigenvalue weighted by Gasteiger charge is 2.46. The predicted molar refractivity (Wildman–Crippen MR) is 135 cm³/mol. The molecular weight excluding hydrogens is 500 g/mol. The van der Waals surface area contributed by atoms with E-state index >= 15 is 8.78 Å². The highest BCUT2D eigenvalue weighted by Crippen LogP contribution is 2.36. The average Bonchev–Trinajstić information content (AvgIpc) is 3.22. The summed E-state index contributed by atoms with van der Waals surface area (Å²) in [5.74, 6) is -3.81. The van der Waals surface area contributed by atoms with Crippen LogP contribution in [0.4, 0.5) is 14.5 Å². The van der Waals surface area contributed by atoms with Gasteiger partial charge in [-0.05, 0) is 36.4 Å². The first-order chi connectivity index (χ1) is 18.3. The van der Waals surface area contributed by atoms with Gasteiger partial charge in [0.1, 0.15) is 34.9 Å². The van der Waals surface area contributed by atoms with Crippen molar-refractivity contribution in [1.82, 2.24) is 9.88 Å². The molecular formula is C27H27F2N3O6. The van der Waals surface area contributed by atoms with Crippen LogP contribution in [0, 0.1) is 11.6 Å². The summed E-state index contributed by atoms with van der Waals surface area (Å²) in [6.45, 7) is 0.271. The summed E-state index contributed by atoms with van der Waals surface area (Å²) in [6.07, 6.45) is 1.55. The minimum atomic E-state index is -1.35. The topological polar surface area (TPSA) is 99.1 Å². The molecule has 2 aromatic carbocycles. The number of pyridine rings is 1. The first-order valence-corrected chi connectivity index (χ1v) is 11.8. The number of nitrogens with zero attached hydrogens (tertiary/aromatic N) is 2. The number of benzene rings is 2. The highest BCUT2D eigenvalue weighted by atomic mass is 19.1. The van der Waals surface area contributed by atoms with Crippen LogP contribution in [-0.4, -0.2) is 56.9 Å². The van der Waals surface area contributed by atoms with E-state index in [4.69, 9.17) is 14.2 Å². The van der Waals surface area contributed by atoms with Gasteiger partial charge in [0.15, 0.2) is 0 Å². The van der Waals surface area contributed by atoms with Gasteiger partial charge in [-0.2, -0.15) is 0 Å². The zero-order valence-electron chi connectivity index (χ0n) is 21.1. The van der Waals surface area contributed by atoms with Crippen LogP contribution in [0.15, 0.2) is 59.5 Å². The van der Waals surface area contributed by atoms with Crippen LogP contribution in [0.5, 0.6) is 11.5 Å². The standard InChI is InChI=1S/C27H27F2N3O6/c1-36-12-11-31-10-4-5-22(26(31)34)32-15-19(23-20(28)13-18(38-3)14-21(23)29)24(27(32)35)30-25(33)16-6-8-17(37-2)9-7-16/h4-10,13-14,19,24H,11-12,15H2,1-3H3,(H,30,33)/t19-,24-/m0/s1. The highest BCUT2D eigenvalue weighted by molar-refractivity contribution is 6.05. The number of hydrogen-bond donors (Lipinski definition) is 1. The van der Waals surface area contributed by atoms with Gasteiger partial charge in [-0.3, -0.25) is 14.4 Å². The van der Waals surface area contributed by atoms with E-state index < -0.39 is 46.5 Å². The molecule has 1 fully saturated rings. The summed E-state index contributed by atoms with van der Waals surface area (Å²) in [5, 5.41) is 2.62. The van der Waals surface area contributed by atoms with Crippen LogP contribution in [0.2, 0.25) is 0 Å². The van der Waals surface area contributed by atoms with Crippen molar-refractivity contribution < 1.29 is 32.6 Å². The van der Waals surface area contributed by atoms with E-state index in [1.807, 2.05) is 0 Å². The van der Waals surface area contributed by atoms with E-state index in [-0.39, 0.29) is 36.7 Å². The molecule has 0 saturated carbocycles. The molecule has 0 aliphatic carbocycles. The smallest absolute Gasteiger partial charge is 0.274 e. The molecule has 4 rings (SSSR count). The Hall–Kier alpha value is -4.25. The van der Waals surface area contributed by atoms with Gasteiger partial charge in [0.2, 0.25) is 5.91 Å². The molecule has 200 valence electrons. The first kappa shape index (κ1) is 26.8. The third-order valence-electron chi connectivity index (χ3n) is 6.44. The van der Waals surface area contributed by atoms with Gasteiger partial charge in [-0.15, -0.1) is 0 Å². The van der Waals surface area contributed by atoms with Gasteiger partial charge in [0, 0.05) is 55.6 Å². The molecule has 0 unspecified atom stereocenters. The lowest BCUT2D eigenvalue weighted by Gasteiger charge is -2.20. The molecule has 38 heavy (non-hydrogen) atoms. The Morgan fingerprint density at radius 2 is 1.66 bits per heavy atom. The molecule has 1 saturated heterocycles. The lowest BCUT2D eigenvalue weighted by molar-refractivity contribution is -0.118. The number of aromatic nitrogens is 1. The second kappa shape index (κ2) is 11.4. The summed E-state index contributed by atoms with van der Waals surface area (Å²) in [7, 11) is 4.25. The number of nitrogens with one attached hydrogen (secondary N) is 1. The Kier molecular flexibility index (Phi) is 8.06. The molecule has 0 bridgehead atoms. The Balaban J connectivity index is 1.74. The number of methoxy groups -OCH3 is 3. The lowest BCUT2D eigenvalue weighted by Crippen LogP contribution is -2.44. The second-order valence-electron chi connectivity index (χ2n) is 8.62. The quantitative estimate of drug-likeness (QED) is 0.460. The van der Waals surface area contributed by atoms with Crippen LogP contribution in [0.25, 0.3) is 0 Å². The van der Waals surface area contributed by atoms with Crippen LogP contribution in [0.3, 0.4) is 0 Å². The van der Waals surface area contributed by atoms with Crippen LogP contribution < -0.4 is 25.2 Å². The fraction of sp³-hybridized carbons (Fsp3) is 0.296. The van der Waals surface area contributed by atoms with Crippen LogP contribution in [-0.2, 0) is 16.1 Å². The van der Waals surface area contributed by atoms with E-state index in [0.29, 0.717) is 5.75 Å². The van der Waals surface area contributed by atoms with Gasteiger partial charge in [-0.25, -0.2) is 8.78 Å². The second-order valence-corrected chi connectivity index (χ2v) is 8.62. The van der Waals surface area contributed by atoms with Crippen molar-refractivity contribution in [3.8, 4) is 11.5 Å². The maximum absolute atomic E-state index is 15.2. The molecule has 1 aromatic heterocycles. The van der Waals surface area contributed by atoms with Gasteiger partial charge in [-0.1, -0.05) is 0 Å². The monoisotopic (exact) mass is 527 g/mol. The van der Waals surface area contributed by atoms with Crippen molar-refractivity contribution >= 4 is 17.5 Å². The Morgan fingerprint density at radius 1 is 1.00 bits per heavy atom. The van der Waals surface area contributed by atoms with Crippen molar-refractivity contribution in [3.05, 3.63) is 87.8 Å². The molecule has 0 spiro atoms. The predicted octanol–water partition coefficient (Wildman–Crippen LogP) is 2.72. The molecule has 2 heterocycles. The van der Waals surface area contributed by atoms with Gasteiger partial charge >= 0.3 is 0 Å². The van der Waals surface area contributed by atoms with Crippen molar-refractivity contribution in [2.75, 3.05) is 39.4 Å². The first-order valence-electron chi connectivity index (χ1n) is 11.8. The summed E-state index contributed by atoms with van der Waals surface area (Å²) >= 11 is 0. The van der Waals surface area contributed by atoms with Crippen LogP contribution in [0.1, 0.15) is 21.8 Å². The van der Waals surface area contributed by atoms with Gasteiger partial charge in [0.05, 0.1) is 20.8 Å². The molecule has 11 heteroatoms. The molecule has 9 nitrogen and oxygen atoms in total. The van der Waals surface area contributed by atoms with Crippen LogP contribution >= 0.6 is 0 Å². The molecule has 2 atom stereocenters. The van der Waals surface area contributed by atoms with Crippen molar-refractivity contribution in [1.29, 1.82) is 0 Å². The number of amides is 2. The average molecular weight is 528 g/mol. The zero-order chi connectivity index (χ0) is 27.4. The Labute approximate surface area is 217 Å². The minimum Gasteiger partial charge on any atom is -0.497 e. The molecule has 3 aromatic rings. The normalized spacial score (nSPS) is 17.0. The third-order valence-corrected chi connectivity index (χ3v) is 6.44. The Morgan fingerprint density at radius 3 is 2.26 bits per heavy atom. The van der Waals surface area contributed by atoms with Crippen molar-refractivity contribution in [3.63, 3.8) is 0 Å². The maximum Gasteiger partial charge on any atom is 0.274 e. The van der Waals surface area contributed by atoms with E-state index in [2.05, 4.69) is 5.32 Å². The number of ether oxygens (including phenoxy) is 3. The number of anilines is 1. The van der Waals surface area contributed by atoms with Gasteiger partial charge in [0.25, 0.3) is 11.5 Å². The molecule has 2 amide bonds. The zero-order valence-corrected chi connectivity index (χ0v) is 21.1. The fourth-order valence-corrected chi connectivity index (χ4v) is 4.46. The summed E-state index contributed by atoms with van der Waals surface area (Å²) in [6, 6.07) is 9.86. The molecule has 1 aliphatic heterocycles. The lowest BCUT2D eigenvalue weighted by atomic mass is 9.92. The van der Waals surface area contributed by atoms with E-state index in [1.54, 1.807) is 24.4 Å². The molecule has 0 radical (unpaired) electrons. The van der Waals surface area contributed by atoms with Crippen molar-refractivity contribution in [2.45, 2.75) is 18.5 Å². The number of halogens is 2. The SMILES string of the molecule is COCCn1cccc(N2C[C@@H](c3c(F)cc(OC)cc3F)[C@H](NC(=O)c3ccc(OC)cc3)C2=O)c1=O. The molecule has 1 aliphatic rings. The minimum absolute atomic E-state index is 0.0223. The van der Waals surface area contributed by atoms with Crippen molar-refractivity contribution in [2.24, 2.45) is 0 Å². The summed E-state index contributed by atoms with van der Waals surface area (Å²) < 4.78 is 46.8. The largest absolute Gasteiger partial charge is 0.497 e. The van der Waals surface area contributed by atoms with E-state index in [0.717, 1.165) is 17.0 Å². The number of hydrogen-bond acceptors (Lipinski definition) is 6.